The number of anilines is 1. The minimum absolute atomic E-state index is 0.118. The predicted molar refractivity (Wildman–Crippen MR) is 126 cm³/mol. The Balaban J connectivity index is 1.59. The molecule has 1 fully saturated rings. The van der Waals surface area contributed by atoms with Crippen LogP contribution >= 0.6 is 0 Å². The van der Waals surface area contributed by atoms with Gasteiger partial charge in [0.25, 0.3) is 5.91 Å². The number of alkyl halides is 3. The quantitative estimate of drug-likeness (QED) is 0.504. The van der Waals surface area contributed by atoms with Crippen molar-refractivity contribution >= 4 is 11.6 Å². The number of aromatic nitrogens is 1. The molecule has 2 aromatic carbocycles. The summed E-state index contributed by atoms with van der Waals surface area (Å²) in [7, 11) is 1.54. The maximum absolute atomic E-state index is 13.5. The van der Waals surface area contributed by atoms with Crippen LogP contribution in [0.15, 0.2) is 67.0 Å². The van der Waals surface area contributed by atoms with Crippen LogP contribution in [0, 0.1) is 11.3 Å². The van der Waals surface area contributed by atoms with Gasteiger partial charge in [0.1, 0.15) is 18.1 Å². The van der Waals surface area contributed by atoms with Crippen LogP contribution in [-0.2, 0) is 6.18 Å². The smallest absolute Gasteiger partial charge is 0.417 e. The highest BCUT2D eigenvalue weighted by atomic mass is 19.4. The van der Waals surface area contributed by atoms with Crippen LogP contribution < -0.4 is 14.4 Å². The van der Waals surface area contributed by atoms with E-state index in [2.05, 4.69) is 4.98 Å². The third kappa shape index (κ3) is 5.51. The van der Waals surface area contributed by atoms with Crippen LogP contribution in [0.25, 0.3) is 0 Å². The van der Waals surface area contributed by atoms with E-state index in [-0.39, 0.29) is 25.6 Å². The van der Waals surface area contributed by atoms with Gasteiger partial charge in [-0.1, -0.05) is 0 Å². The minimum atomic E-state index is -4.66. The second-order valence-corrected chi connectivity index (χ2v) is 8.17. The van der Waals surface area contributed by atoms with E-state index in [4.69, 9.17) is 14.7 Å². The molecule has 1 atom stereocenters. The predicted octanol–water partition coefficient (Wildman–Crippen LogP) is 4.39. The van der Waals surface area contributed by atoms with E-state index < -0.39 is 23.3 Å². The highest BCUT2D eigenvalue weighted by Crippen LogP contribution is 2.35. The Hall–Kier alpha value is -4.26. The van der Waals surface area contributed by atoms with Gasteiger partial charge in [-0.2, -0.15) is 18.4 Å². The Morgan fingerprint density at radius 1 is 1.14 bits per heavy atom. The molecule has 1 saturated heterocycles. The number of piperazine rings is 1. The lowest BCUT2D eigenvalue weighted by Crippen LogP contribution is -2.57. The maximum Gasteiger partial charge on any atom is 0.417 e. The van der Waals surface area contributed by atoms with E-state index in [9.17, 15) is 18.0 Å². The highest BCUT2D eigenvalue weighted by Gasteiger charge is 2.36. The number of rotatable bonds is 6. The van der Waals surface area contributed by atoms with Crippen LogP contribution in [0.5, 0.6) is 11.5 Å². The summed E-state index contributed by atoms with van der Waals surface area (Å²) in [6.45, 7) is 0.944. The van der Waals surface area contributed by atoms with Crippen molar-refractivity contribution in [3.63, 3.8) is 0 Å². The molecule has 3 aromatic rings. The van der Waals surface area contributed by atoms with Crippen LogP contribution in [0.1, 0.15) is 21.5 Å². The second kappa shape index (κ2) is 10.6. The Bertz CT molecular complexity index is 1240. The molecule has 1 aliphatic rings. The highest BCUT2D eigenvalue weighted by molar-refractivity contribution is 5.94. The van der Waals surface area contributed by atoms with Gasteiger partial charge in [0, 0.05) is 37.1 Å². The first-order chi connectivity index (χ1) is 17.3. The van der Waals surface area contributed by atoms with E-state index >= 15 is 0 Å². The number of hydrogen-bond donors (Lipinski definition) is 0. The number of carbonyl (C=O) groups is 1. The molecular weight excluding hydrogens is 473 g/mol. The van der Waals surface area contributed by atoms with E-state index in [1.165, 1.54) is 19.2 Å². The summed E-state index contributed by atoms with van der Waals surface area (Å²) >= 11 is 0. The number of carbonyl (C=O) groups excluding carboxylic acids is 1. The summed E-state index contributed by atoms with van der Waals surface area (Å²) in [5.74, 6) is 0.922. The van der Waals surface area contributed by atoms with Crippen molar-refractivity contribution in [1.29, 1.82) is 5.26 Å². The zero-order chi connectivity index (χ0) is 25.7. The van der Waals surface area contributed by atoms with Gasteiger partial charge < -0.3 is 19.3 Å². The number of nitrogens with zero attached hydrogens (tertiary/aromatic N) is 4. The molecule has 4 rings (SSSR count). The van der Waals surface area contributed by atoms with Gasteiger partial charge in [0.05, 0.1) is 36.5 Å². The summed E-state index contributed by atoms with van der Waals surface area (Å²) in [5.41, 5.74) is -0.629. The van der Waals surface area contributed by atoms with E-state index in [1.54, 1.807) is 64.7 Å². The first-order valence-electron chi connectivity index (χ1n) is 11.1. The molecule has 0 N–H and O–H groups in total. The van der Waals surface area contributed by atoms with Crippen molar-refractivity contribution in [2.45, 2.75) is 12.2 Å². The Labute approximate surface area is 206 Å². The number of nitriles is 1. The third-order valence-corrected chi connectivity index (χ3v) is 5.95. The van der Waals surface area contributed by atoms with Gasteiger partial charge in [0.2, 0.25) is 0 Å². The molecule has 10 heteroatoms. The Morgan fingerprint density at radius 3 is 2.56 bits per heavy atom. The molecule has 2 heterocycles. The lowest BCUT2D eigenvalue weighted by Gasteiger charge is -2.42. The van der Waals surface area contributed by atoms with E-state index in [0.717, 1.165) is 6.07 Å². The van der Waals surface area contributed by atoms with Crippen LogP contribution in [-0.4, -0.2) is 55.2 Å². The molecule has 186 valence electrons. The molecular formula is C26H23F3N4O3. The maximum atomic E-state index is 13.5. The molecule has 7 nitrogen and oxygen atoms in total. The van der Waals surface area contributed by atoms with Gasteiger partial charge in [-0.05, 0) is 54.6 Å². The Morgan fingerprint density at radius 2 is 1.92 bits per heavy atom. The summed E-state index contributed by atoms with van der Waals surface area (Å²) in [5, 5.41) is 9.10. The lowest BCUT2D eigenvalue weighted by atomic mass is 10.0. The Kier molecular flexibility index (Phi) is 7.29. The molecule has 36 heavy (non-hydrogen) atoms. The summed E-state index contributed by atoms with van der Waals surface area (Å²) in [6.07, 6.45) is -1.50. The fourth-order valence-electron chi connectivity index (χ4n) is 4.09. The summed E-state index contributed by atoms with van der Waals surface area (Å²) in [4.78, 5) is 20.8. The molecule has 0 radical (unpaired) electrons. The van der Waals surface area contributed by atoms with Gasteiger partial charge in [-0.15, -0.1) is 0 Å². The van der Waals surface area contributed by atoms with Crippen LogP contribution in [0.4, 0.5) is 18.9 Å². The second-order valence-electron chi connectivity index (χ2n) is 8.17. The van der Waals surface area contributed by atoms with Crippen molar-refractivity contribution < 1.29 is 27.4 Å². The lowest BCUT2D eigenvalue weighted by molar-refractivity contribution is -0.137. The van der Waals surface area contributed by atoms with Gasteiger partial charge >= 0.3 is 6.18 Å². The molecule has 0 aliphatic carbocycles. The molecule has 1 aliphatic heterocycles. The number of methoxy groups -OCH3 is 1. The van der Waals surface area contributed by atoms with Gasteiger partial charge in [-0.3, -0.25) is 9.78 Å². The van der Waals surface area contributed by atoms with Crippen molar-refractivity contribution in [1.82, 2.24) is 9.88 Å². The average molecular weight is 496 g/mol. The normalized spacial score (nSPS) is 15.8. The topological polar surface area (TPSA) is 78.7 Å². The van der Waals surface area contributed by atoms with E-state index in [0.29, 0.717) is 29.3 Å². The van der Waals surface area contributed by atoms with Crippen molar-refractivity contribution in [3.8, 4) is 17.6 Å². The average Bonchev–Trinajstić information content (AvgIpc) is 2.91. The molecule has 1 unspecified atom stereocenters. The molecule has 0 saturated carbocycles. The minimum Gasteiger partial charge on any atom is -0.497 e. The first kappa shape index (κ1) is 24.9. The number of ether oxygens (including phenoxy) is 2. The molecule has 0 bridgehead atoms. The van der Waals surface area contributed by atoms with Gasteiger partial charge in [-0.25, -0.2) is 0 Å². The van der Waals surface area contributed by atoms with Crippen molar-refractivity contribution in [3.05, 3.63) is 83.7 Å². The number of halogens is 3. The summed E-state index contributed by atoms with van der Waals surface area (Å²) < 4.78 is 51.6. The fourth-order valence-corrected chi connectivity index (χ4v) is 4.09. The van der Waals surface area contributed by atoms with Gasteiger partial charge in [0.15, 0.2) is 0 Å². The standard InChI is InChI=1S/C26H23F3N4O3/c1-35-22-8-5-18(6-9-22)25(34)33-12-11-32(16-21(33)17-36-23-3-2-10-31-15-23)20-7-4-19(14-30)24(13-20)26(27,28)29/h2-10,13,15,21H,11-12,16-17H2,1H3. The zero-order valence-corrected chi connectivity index (χ0v) is 19.4. The molecule has 1 aromatic heterocycles. The largest absolute Gasteiger partial charge is 0.497 e. The molecule has 1 amide bonds. The zero-order valence-electron chi connectivity index (χ0n) is 19.4. The number of pyridine rings is 1. The van der Waals surface area contributed by atoms with Crippen LogP contribution in [0.2, 0.25) is 0 Å². The monoisotopic (exact) mass is 496 g/mol. The fraction of sp³-hybridized carbons (Fsp3) is 0.269. The summed E-state index contributed by atoms with van der Waals surface area (Å²) in [6, 6.07) is 15.0. The van der Waals surface area contributed by atoms with Crippen LogP contribution in [0.3, 0.4) is 0 Å². The van der Waals surface area contributed by atoms with Crippen molar-refractivity contribution in [2.24, 2.45) is 0 Å². The number of amides is 1. The number of benzene rings is 2. The third-order valence-electron chi connectivity index (χ3n) is 5.95. The number of hydrogen-bond acceptors (Lipinski definition) is 6. The first-order valence-corrected chi connectivity index (χ1v) is 11.1. The van der Waals surface area contributed by atoms with E-state index in [1.807, 2.05) is 0 Å². The SMILES string of the molecule is COc1ccc(C(=O)N2CCN(c3ccc(C#N)c(C(F)(F)F)c3)CC2COc2cccnc2)cc1. The molecule has 0 spiro atoms. The van der Waals surface area contributed by atoms with Crippen molar-refractivity contribution in [2.75, 3.05) is 38.3 Å².